The number of rotatable bonds is 3. The van der Waals surface area contributed by atoms with Crippen molar-refractivity contribution in [2.75, 3.05) is 6.61 Å². The van der Waals surface area contributed by atoms with Crippen LogP contribution in [0.2, 0.25) is 13.1 Å². The van der Waals surface area contributed by atoms with Crippen molar-refractivity contribution in [1.82, 2.24) is 0 Å². The van der Waals surface area contributed by atoms with Crippen molar-refractivity contribution in [2.24, 2.45) is 0 Å². The minimum absolute atomic E-state index is 0. The van der Waals surface area contributed by atoms with Crippen LogP contribution < -0.4 is 61.3 Å². The van der Waals surface area contributed by atoms with Crippen LogP contribution in [0.4, 0.5) is 0 Å². The fourth-order valence-electron chi connectivity index (χ4n) is 1.05. The van der Waals surface area contributed by atoms with Gasteiger partial charge in [-0.05, 0) is 19.1 Å². The SMILES string of the molecule is CCOc1ccc([Si-](C)C)cc1.[K+]. The average molecular weight is 218 g/mol. The first-order valence-electron chi connectivity index (χ1n) is 4.27. The summed E-state index contributed by atoms with van der Waals surface area (Å²) >= 11 is 0. The van der Waals surface area contributed by atoms with Crippen LogP contribution in [0.5, 0.6) is 5.75 Å². The van der Waals surface area contributed by atoms with Gasteiger partial charge in [0.1, 0.15) is 5.75 Å². The zero-order valence-corrected chi connectivity index (χ0v) is 13.0. The van der Waals surface area contributed by atoms with E-state index in [1.54, 1.807) is 0 Å². The number of hydrogen-bond donors (Lipinski definition) is 0. The molecule has 0 aromatic heterocycles. The van der Waals surface area contributed by atoms with Gasteiger partial charge in [-0.2, -0.15) is 18.3 Å². The standard InChI is InChI=1S/C10H15OSi.K/c1-4-11-9-5-7-10(8-6-9)12(2)3;/h5-8H,4H2,1-3H3;/q-1;+1. The predicted molar refractivity (Wildman–Crippen MR) is 54.7 cm³/mol. The van der Waals surface area contributed by atoms with Gasteiger partial charge in [-0.25, -0.2) is 0 Å². The van der Waals surface area contributed by atoms with Gasteiger partial charge < -0.3 is 4.74 Å². The first kappa shape index (κ1) is 13.9. The molecule has 0 spiro atoms. The molecule has 0 saturated carbocycles. The van der Waals surface area contributed by atoms with Crippen LogP contribution in [0.3, 0.4) is 0 Å². The first-order valence-corrected chi connectivity index (χ1v) is 6.77. The molecule has 1 aromatic rings. The number of hydrogen-bond acceptors (Lipinski definition) is 1. The van der Waals surface area contributed by atoms with Gasteiger partial charge >= 0.3 is 51.4 Å². The van der Waals surface area contributed by atoms with E-state index in [0.717, 1.165) is 12.4 Å². The maximum absolute atomic E-state index is 5.35. The molecule has 0 amide bonds. The Hall–Kier alpha value is 0.873. The van der Waals surface area contributed by atoms with Gasteiger partial charge in [0.05, 0.1) is 6.61 Å². The van der Waals surface area contributed by atoms with Crippen LogP contribution in [0.15, 0.2) is 24.3 Å². The van der Waals surface area contributed by atoms with Crippen LogP contribution >= 0.6 is 0 Å². The molecule has 0 aliphatic carbocycles. The topological polar surface area (TPSA) is 9.23 Å². The molecule has 1 aromatic carbocycles. The van der Waals surface area contributed by atoms with Crippen LogP contribution in [0.25, 0.3) is 0 Å². The normalized spacial score (nSPS) is 8.85. The van der Waals surface area contributed by atoms with Crippen molar-refractivity contribution < 1.29 is 56.1 Å². The van der Waals surface area contributed by atoms with Crippen LogP contribution in [-0.4, -0.2) is 15.4 Å². The summed E-state index contributed by atoms with van der Waals surface area (Å²) in [5.41, 5.74) is 0. The van der Waals surface area contributed by atoms with E-state index >= 15 is 0 Å². The summed E-state index contributed by atoms with van der Waals surface area (Å²) in [6.45, 7) is 7.33. The summed E-state index contributed by atoms with van der Waals surface area (Å²) in [7, 11) is -0.299. The molecule has 0 radical (unpaired) electrons. The van der Waals surface area contributed by atoms with E-state index in [2.05, 4.69) is 37.4 Å². The van der Waals surface area contributed by atoms with Crippen molar-refractivity contribution >= 4 is 14.0 Å². The van der Waals surface area contributed by atoms with Crippen molar-refractivity contribution in [2.45, 2.75) is 20.0 Å². The number of ether oxygens (including phenoxy) is 1. The molecule has 0 unspecified atom stereocenters. The molecule has 1 rings (SSSR count). The Morgan fingerprint density at radius 3 is 2.08 bits per heavy atom. The molecule has 3 heteroatoms. The van der Waals surface area contributed by atoms with Crippen LogP contribution in [-0.2, 0) is 0 Å². The Morgan fingerprint density at radius 1 is 1.15 bits per heavy atom. The minimum atomic E-state index is -0.299. The molecule has 0 N–H and O–H groups in total. The fraction of sp³-hybridized carbons (Fsp3) is 0.400. The fourth-order valence-corrected chi connectivity index (χ4v) is 1.88. The smallest absolute Gasteiger partial charge is 0.494 e. The van der Waals surface area contributed by atoms with Gasteiger partial charge in [0.25, 0.3) is 0 Å². The molecular weight excluding hydrogens is 203 g/mol. The first-order chi connectivity index (χ1) is 5.74. The second-order valence-electron chi connectivity index (χ2n) is 2.96. The Bertz CT molecular complexity index is 233. The molecule has 0 saturated heterocycles. The molecule has 0 fully saturated rings. The molecular formula is C10H15KOSi. The van der Waals surface area contributed by atoms with Gasteiger partial charge in [0.15, 0.2) is 0 Å². The van der Waals surface area contributed by atoms with Gasteiger partial charge in [0, 0.05) is 0 Å². The van der Waals surface area contributed by atoms with Gasteiger partial charge in [-0.15, -0.1) is 0 Å². The summed E-state index contributed by atoms with van der Waals surface area (Å²) < 4.78 is 5.35. The zero-order valence-electron chi connectivity index (χ0n) is 8.92. The van der Waals surface area contributed by atoms with Gasteiger partial charge in [-0.1, -0.05) is 12.1 Å². The van der Waals surface area contributed by atoms with Crippen LogP contribution in [0.1, 0.15) is 6.92 Å². The van der Waals surface area contributed by atoms with E-state index in [-0.39, 0.29) is 60.2 Å². The van der Waals surface area contributed by atoms with E-state index in [1.807, 2.05) is 6.92 Å². The predicted octanol–water partition coefficient (Wildman–Crippen LogP) is -0.949. The Kier molecular flexibility index (Phi) is 7.69. The van der Waals surface area contributed by atoms with E-state index in [0.29, 0.717) is 0 Å². The van der Waals surface area contributed by atoms with E-state index in [4.69, 9.17) is 4.74 Å². The van der Waals surface area contributed by atoms with Crippen molar-refractivity contribution in [3.05, 3.63) is 24.3 Å². The third-order valence-corrected chi connectivity index (χ3v) is 3.23. The maximum atomic E-state index is 5.35. The molecule has 0 aliphatic rings. The van der Waals surface area contributed by atoms with E-state index < -0.39 is 0 Å². The molecule has 0 atom stereocenters. The Labute approximate surface area is 125 Å². The summed E-state index contributed by atoms with van der Waals surface area (Å²) in [6.07, 6.45) is 0. The van der Waals surface area contributed by atoms with E-state index in [9.17, 15) is 0 Å². The van der Waals surface area contributed by atoms with Gasteiger partial charge in [-0.3, -0.25) is 8.80 Å². The molecule has 13 heavy (non-hydrogen) atoms. The Balaban J connectivity index is 0.00000144. The largest absolute Gasteiger partial charge is 1.00 e. The monoisotopic (exact) mass is 218 g/mol. The Morgan fingerprint density at radius 2 is 1.69 bits per heavy atom. The second-order valence-corrected chi connectivity index (χ2v) is 5.53. The summed E-state index contributed by atoms with van der Waals surface area (Å²) in [4.78, 5) is 0. The molecule has 66 valence electrons. The number of benzene rings is 1. The van der Waals surface area contributed by atoms with Crippen molar-refractivity contribution in [1.29, 1.82) is 0 Å². The molecule has 0 aliphatic heterocycles. The van der Waals surface area contributed by atoms with Crippen molar-refractivity contribution in [3.8, 4) is 5.75 Å². The average Bonchev–Trinajstić information content (AvgIpc) is 2.06. The van der Waals surface area contributed by atoms with Crippen LogP contribution in [0, 0.1) is 0 Å². The molecule has 0 heterocycles. The molecule has 1 nitrogen and oxygen atoms in total. The second kappa shape index (κ2) is 7.20. The summed E-state index contributed by atoms with van der Waals surface area (Å²) in [5.74, 6) is 0.976. The third kappa shape index (κ3) is 4.76. The van der Waals surface area contributed by atoms with Crippen molar-refractivity contribution in [3.63, 3.8) is 0 Å². The van der Waals surface area contributed by atoms with E-state index in [1.165, 1.54) is 5.19 Å². The quantitative estimate of drug-likeness (QED) is 0.595. The third-order valence-electron chi connectivity index (χ3n) is 1.74. The summed E-state index contributed by atoms with van der Waals surface area (Å²) in [5, 5.41) is 1.46. The zero-order chi connectivity index (χ0) is 8.97. The maximum Gasteiger partial charge on any atom is 1.00 e. The molecule has 0 bridgehead atoms. The summed E-state index contributed by atoms with van der Waals surface area (Å²) in [6, 6.07) is 8.44. The van der Waals surface area contributed by atoms with Gasteiger partial charge in [0.2, 0.25) is 0 Å². The minimum Gasteiger partial charge on any atom is -0.494 e.